The molecule has 7 heteroatoms. The number of nitrogens with one attached hydrogen (secondary N) is 2. The number of aliphatic imine (C=N–C) groups is 1. The number of anilines is 1. The van der Waals surface area contributed by atoms with Crippen molar-refractivity contribution < 1.29 is 5.11 Å². The van der Waals surface area contributed by atoms with Gasteiger partial charge in [-0.05, 0) is 25.1 Å². The number of benzene rings is 1. The first kappa shape index (κ1) is 14.6. The van der Waals surface area contributed by atoms with E-state index in [1.165, 1.54) is 0 Å². The Hall–Kier alpha value is -2.83. The highest BCUT2D eigenvalue weighted by atomic mass is 16.3. The van der Waals surface area contributed by atoms with Gasteiger partial charge in [0.1, 0.15) is 5.56 Å². The number of nitrogens with zero attached hydrogens (tertiary/aromatic N) is 2. The molecule has 0 aliphatic rings. The fourth-order valence-corrected chi connectivity index (χ4v) is 1.90. The second-order valence-corrected chi connectivity index (χ2v) is 4.74. The number of aromatic amines is 2. The minimum absolute atomic E-state index is 0.0511. The second-order valence-electron chi connectivity index (χ2n) is 4.74. The summed E-state index contributed by atoms with van der Waals surface area (Å²) < 4.78 is 0. The lowest BCUT2D eigenvalue weighted by Gasteiger charge is -2.12. The smallest absolute Gasteiger partial charge is 0.328 e. The molecule has 21 heavy (non-hydrogen) atoms. The molecular weight excluding hydrogens is 272 g/mol. The van der Waals surface area contributed by atoms with Crippen molar-refractivity contribution in [3.63, 3.8) is 0 Å². The molecule has 0 aliphatic carbocycles. The summed E-state index contributed by atoms with van der Waals surface area (Å²) >= 11 is 0. The van der Waals surface area contributed by atoms with Crippen molar-refractivity contribution in [3.8, 4) is 5.88 Å². The van der Waals surface area contributed by atoms with Crippen LogP contribution in [0.4, 0.5) is 11.4 Å². The number of rotatable bonds is 3. The topological polar surface area (TPSA) is 102 Å². The average Bonchev–Trinajstić information content (AvgIpc) is 2.37. The van der Waals surface area contributed by atoms with Gasteiger partial charge in [0, 0.05) is 19.8 Å². The van der Waals surface area contributed by atoms with E-state index in [-0.39, 0.29) is 5.56 Å². The van der Waals surface area contributed by atoms with Crippen LogP contribution in [-0.2, 0) is 0 Å². The Kier molecular flexibility index (Phi) is 3.93. The van der Waals surface area contributed by atoms with Crippen LogP contribution in [0.25, 0.3) is 0 Å². The Morgan fingerprint density at radius 1 is 1.24 bits per heavy atom. The van der Waals surface area contributed by atoms with Crippen molar-refractivity contribution in [3.05, 3.63) is 50.7 Å². The summed E-state index contributed by atoms with van der Waals surface area (Å²) in [6, 6.07) is 7.41. The molecule has 110 valence electrons. The van der Waals surface area contributed by atoms with Crippen LogP contribution in [-0.4, -0.2) is 34.9 Å². The van der Waals surface area contributed by atoms with Crippen molar-refractivity contribution in [2.45, 2.75) is 6.92 Å². The van der Waals surface area contributed by atoms with E-state index in [1.54, 1.807) is 13.0 Å². The first-order valence-electron chi connectivity index (χ1n) is 6.27. The molecule has 0 unspecified atom stereocenters. The highest BCUT2D eigenvalue weighted by molar-refractivity contribution is 6.01. The maximum atomic E-state index is 11.7. The van der Waals surface area contributed by atoms with Gasteiger partial charge in [-0.1, -0.05) is 6.07 Å². The standard InChI is InChI=1S/C14H16N4O3/c1-8(11-12(19)16-14(21)17-13(11)20)15-9-5-4-6-10(7-9)18(2)3/h4-7H,1-3H3,(H3,16,17,19,20,21). The molecule has 0 spiro atoms. The minimum Gasteiger partial charge on any atom is -0.494 e. The Labute approximate surface area is 120 Å². The zero-order chi connectivity index (χ0) is 15.6. The maximum absolute atomic E-state index is 11.7. The summed E-state index contributed by atoms with van der Waals surface area (Å²) in [5.74, 6) is -0.492. The van der Waals surface area contributed by atoms with E-state index in [0.29, 0.717) is 11.4 Å². The van der Waals surface area contributed by atoms with Crippen molar-refractivity contribution in [2.24, 2.45) is 4.99 Å². The molecule has 1 heterocycles. The highest BCUT2D eigenvalue weighted by Crippen LogP contribution is 2.21. The molecule has 7 nitrogen and oxygen atoms in total. The zero-order valence-corrected chi connectivity index (χ0v) is 12.0. The van der Waals surface area contributed by atoms with Gasteiger partial charge in [0.15, 0.2) is 0 Å². The monoisotopic (exact) mass is 288 g/mol. The quantitative estimate of drug-likeness (QED) is 0.732. The van der Waals surface area contributed by atoms with Crippen LogP contribution in [0.2, 0.25) is 0 Å². The SMILES string of the molecule is CC(=Nc1cccc(N(C)C)c1)c1c(O)[nH]c(=O)[nH]c1=O. The van der Waals surface area contributed by atoms with Gasteiger partial charge in [0.25, 0.3) is 5.56 Å². The normalized spacial score (nSPS) is 11.5. The molecule has 0 aliphatic heterocycles. The molecule has 0 saturated carbocycles. The van der Waals surface area contributed by atoms with Crippen LogP contribution in [0.3, 0.4) is 0 Å². The maximum Gasteiger partial charge on any atom is 0.328 e. The van der Waals surface area contributed by atoms with E-state index in [9.17, 15) is 14.7 Å². The van der Waals surface area contributed by atoms with Crippen molar-refractivity contribution in [2.75, 3.05) is 19.0 Å². The van der Waals surface area contributed by atoms with Gasteiger partial charge in [-0.2, -0.15) is 0 Å². The van der Waals surface area contributed by atoms with Gasteiger partial charge in [-0.25, -0.2) is 4.79 Å². The Morgan fingerprint density at radius 2 is 1.95 bits per heavy atom. The molecule has 1 aromatic heterocycles. The van der Waals surface area contributed by atoms with E-state index in [4.69, 9.17) is 0 Å². The number of H-pyrrole nitrogens is 2. The van der Waals surface area contributed by atoms with Gasteiger partial charge >= 0.3 is 5.69 Å². The number of aromatic nitrogens is 2. The average molecular weight is 288 g/mol. The Balaban J connectivity index is 2.49. The van der Waals surface area contributed by atoms with Gasteiger partial charge in [0.2, 0.25) is 5.88 Å². The van der Waals surface area contributed by atoms with Crippen molar-refractivity contribution in [1.29, 1.82) is 0 Å². The van der Waals surface area contributed by atoms with E-state index >= 15 is 0 Å². The molecule has 0 saturated heterocycles. The fraction of sp³-hybridized carbons (Fsp3) is 0.214. The lowest BCUT2D eigenvalue weighted by molar-refractivity contribution is 0.447. The van der Waals surface area contributed by atoms with Gasteiger partial charge in [0.05, 0.1) is 11.4 Å². The summed E-state index contributed by atoms with van der Waals surface area (Å²) in [4.78, 5) is 33.2. The van der Waals surface area contributed by atoms with Gasteiger partial charge in [-0.3, -0.25) is 19.8 Å². The summed E-state index contributed by atoms with van der Waals surface area (Å²) in [6.45, 7) is 1.59. The molecule has 0 radical (unpaired) electrons. The van der Waals surface area contributed by atoms with Crippen LogP contribution in [0, 0.1) is 0 Å². The molecule has 3 N–H and O–H groups in total. The molecule has 1 aromatic carbocycles. The van der Waals surface area contributed by atoms with Crippen LogP contribution in [0.5, 0.6) is 5.88 Å². The van der Waals surface area contributed by atoms with Gasteiger partial charge in [-0.15, -0.1) is 0 Å². The third-order valence-electron chi connectivity index (χ3n) is 2.93. The van der Waals surface area contributed by atoms with Crippen LogP contribution >= 0.6 is 0 Å². The second kappa shape index (κ2) is 5.66. The van der Waals surface area contributed by atoms with E-state index in [2.05, 4.69) is 15.0 Å². The molecule has 2 rings (SSSR count). The summed E-state index contributed by atoms with van der Waals surface area (Å²) in [5, 5.41) is 9.70. The molecule has 0 atom stereocenters. The summed E-state index contributed by atoms with van der Waals surface area (Å²) in [5.41, 5.74) is 0.419. The lowest BCUT2D eigenvalue weighted by atomic mass is 10.2. The molecule has 0 fully saturated rings. The molecule has 2 aromatic rings. The zero-order valence-electron chi connectivity index (χ0n) is 12.0. The predicted molar refractivity (Wildman–Crippen MR) is 82.0 cm³/mol. The predicted octanol–water partition coefficient (Wildman–Crippen LogP) is 0.976. The Morgan fingerprint density at radius 3 is 2.57 bits per heavy atom. The first-order chi connectivity index (χ1) is 9.88. The molecule has 0 amide bonds. The van der Waals surface area contributed by atoms with E-state index < -0.39 is 17.1 Å². The van der Waals surface area contributed by atoms with Crippen molar-refractivity contribution >= 4 is 17.1 Å². The lowest BCUT2D eigenvalue weighted by Crippen LogP contribution is -2.27. The summed E-state index contributed by atoms with van der Waals surface area (Å²) in [7, 11) is 3.82. The van der Waals surface area contributed by atoms with Crippen molar-refractivity contribution in [1.82, 2.24) is 9.97 Å². The summed E-state index contributed by atoms with van der Waals surface area (Å²) in [6.07, 6.45) is 0. The van der Waals surface area contributed by atoms with E-state index in [0.717, 1.165) is 5.69 Å². The van der Waals surface area contributed by atoms with Crippen LogP contribution in [0.15, 0.2) is 38.8 Å². The number of hydrogen-bond acceptors (Lipinski definition) is 5. The van der Waals surface area contributed by atoms with Crippen LogP contribution in [0.1, 0.15) is 12.5 Å². The van der Waals surface area contributed by atoms with E-state index in [1.807, 2.05) is 37.2 Å². The molecule has 0 bridgehead atoms. The first-order valence-corrected chi connectivity index (χ1v) is 6.27. The largest absolute Gasteiger partial charge is 0.494 e. The number of aromatic hydroxyl groups is 1. The third kappa shape index (κ3) is 3.19. The van der Waals surface area contributed by atoms with Gasteiger partial charge < -0.3 is 10.0 Å². The molecular formula is C14H16N4O3. The fourth-order valence-electron chi connectivity index (χ4n) is 1.90. The highest BCUT2D eigenvalue weighted by Gasteiger charge is 2.11. The number of hydrogen-bond donors (Lipinski definition) is 3. The van der Waals surface area contributed by atoms with Crippen LogP contribution < -0.4 is 16.1 Å². The Bertz CT molecular complexity index is 802. The minimum atomic E-state index is -0.761. The third-order valence-corrected chi connectivity index (χ3v) is 2.93.